The van der Waals surface area contributed by atoms with Crippen molar-refractivity contribution in [3.05, 3.63) is 77.0 Å². The third-order valence-corrected chi connectivity index (χ3v) is 5.31. The van der Waals surface area contributed by atoms with Crippen LogP contribution in [0.2, 0.25) is 0 Å². The van der Waals surface area contributed by atoms with Gasteiger partial charge in [0.25, 0.3) is 5.91 Å². The van der Waals surface area contributed by atoms with Gasteiger partial charge in [-0.05, 0) is 48.4 Å². The molecule has 2 N–H and O–H groups in total. The third-order valence-electron chi connectivity index (χ3n) is 4.14. The number of benzene rings is 1. The lowest BCUT2D eigenvalue weighted by molar-refractivity contribution is 0.0947. The van der Waals surface area contributed by atoms with Crippen LogP contribution < -0.4 is 5.32 Å². The fourth-order valence-electron chi connectivity index (χ4n) is 2.69. The average Bonchev–Trinajstić information content (AvgIpc) is 3.41. The smallest absolute Gasteiger partial charge is 0.268 e. The molecule has 4 rings (SSSR count). The first-order valence-electron chi connectivity index (χ1n) is 8.33. The quantitative estimate of drug-likeness (QED) is 0.523. The number of hydrogen-bond acceptors (Lipinski definition) is 4. The van der Waals surface area contributed by atoms with E-state index in [-0.39, 0.29) is 11.7 Å². The number of carbonyl (C=O) groups excluding carboxylic acids is 1. The van der Waals surface area contributed by atoms with E-state index in [1.54, 1.807) is 30.7 Å². The Kier molecular flexibility index (Phi) is 4.60. The van der Waals surface area contributed by atoms with E-state index in [9.17, 15) is 9.18 Å². The highest BCUT2D eigenvalue weighted by Gasteiger charge is 2.14. The Bertz CT molecular complexity index is 1070. The van der Waals surface area contributed by atoms with Crippen molar-refractivity contribution >= 4 is 17.2 Å². The van der Waals surface area contributed by atoms with Crippen molar-refractivity contribution in [1.82, 2.24) is 15.3 Å². The molecule has 5 nitrogen and oxygen atoms in total. The van der Waals surface area contributed by atoms with Gasteiger partial charge in [-0.25, -0.2) is 9.37 Å². The summed E-state index contributed by atoms with van der Waals surface area (Å²) in [7, 11) is 0. The summed E-state index contributed by atoms with van der Waals surface area (Å²) in [6, 6.07) is 11.6. The molecule has 0 aliphatic rings. The molecule has 27 heavy (non-hydrogen) atoms. The normalized spacial score (nSPS) is 10.9. The summed E-state index contributed by atoms with van der Waals surface area (Å²) in [5.74, 6) is 0.214. The molecule has 0 fully saturated rings. The third kappa shape index (κ3) is 3.68. The van der Waals surface area contributed by atoms with E-state index in [1.165, 1.54) is 23.5 Å². The second-order valence-corrected chi connectivity index (χ2v) is 7.08. The topological polar surface area (TPSA) is 70.9 Å². The summed E-state index contributed by atoms with van der Waals surface area (Å²) >= 11 is 1.49. The van der Waals surface area contributed by atoms with Gasteiger partial charge in [0.05, 0.1) is 18.5 Å². The lowest BCUT2D eigenvalue weighted by Crippen LogP contribution is -2.22. The van der Waals surface area contributed by atoms with Gasteiger partial charge in [0.2, 0.25) is 0 Å². The zero-order valence-electron chi connectivity index (χ0n) is 14.5. The fraction of sp³-hybridized carbons (Fsp3) is 0.100. The summed E-state index contributed by atoms with van der Waals surface area (Å²) in [6.07, 6.45) is 3.34. The zero-order valence-corrected chi connectivity index (χ0v) is 15.3. The number of carbonyl (C=O) groups is 1. The minimum atomic E-state index is -0.291. The van der Waals surface area contributed by atoms with Crippen LogP contribution in [0.25, 0.3) is 21.9 Å². The Labute approximate surface area is 158 Å². The molecule has 136 valence electrons. The molecule has 1 amide bonds. The molecule has 0 saturated heterocycles. The van der Waals surface area contributed by atoms with Crippen molar-refractivity contribution in [1.29, 1.82) is 0 Å². The first-order chi connectivity index (χ1) is 13.1. The summed E-state index contributed by atoms with van der Waals surface area (Å²) in [5.41, 5.74) is 2.98. The number of amides is 1. The summed E-state index contributed by atoms with van der Waals surface area (Å²) in [6.45, 7) is 2.29. The van der Waals surface area contributed by atoms with Crippen molar-refractivity contribution in [3.8, 4) is 21.9 Å². The Morgan fingerprint density at radius 1 is 1.26 bits per heavy atom. The predicted octanol–water partition coefficient (Wildman–Crippen LogP) is 4.78. The van der Waals surface area contributed by atoms with Crippen LogP contribution in [0.4, 0.5) is 4.39 Å². The van der Waals surface area contributed by atoms with E-state index in [4.69, 9.17) is 4.42 Å². The van der Waals surface area contributed by atoms with Crippen LogP contribution in [0.3, 0.4) is 0 Å². The number of nitrogens with one attached hydrogen (secondary N) is 2. The van der Waals surface area contributed by atoms with Crippen LogP contribution in [-0.4, -0.2) is 15.9 Å². The maximum atomic E-state index is 13.0. The molecule has 0 aliphatic heterocycles. The Morgan fingerprint density at radius 3 is 2.81 bits per heavy atom. The number of hydrogen-bond donors (Lipinski definition) is 2. The van der Waals surface area contributed by atoms with Crippen molar-refractivity contribution in [2.75, 3.05) is 0 Å². The molecule has 0 unspecified atom stereocenters. The van der Waals surface area contributed by atoms with Gasteiger partial charge in [0.1, 0.15) is 11.5 Å². The largest absolute Gasteiger partial charge is 0.462 e. The molecule has 1 aromatic carbocycles. The van der Waals surface area contributed by atoms with Crippen LogP contribution >= 0.6 is 11.3 Å². The van der Waals surface area contributed by atoms with Gasteiger partial charge in [-0.3, -0.25) is 4.79 Å². The zero-order chi connectivity index (χ0) is 18.8. The lowest BCUT2D eigenvalue weighted by Gasteiger charge is -2.02. The van der Waals surface area contributed by atoms with Crippen LogP contribution in [0.5, 0.6) is 0 Å². The first kappa shape index (κ1) is 17.2. The Morgan fingerprint density at radius 2 is 2.07 bits per heavy atom. The number of H-pyrrole nitrogens is 1. The molecule has 3 heterocycles. The lowest BCUT2D eigenvalue weighted by atomic mass is 10.1. The van der Waals surface area contributed by atoms with Gasteiger partial charge < -0.3 is 14.7 Å². The van der Waals surface area contributed by atoms with Crippen molar-refractivity contribution in [2.45, 2.75) is 13.5 Å². The number of nitrogens with zero attached hydrogens (tertiary/aromatic N) is 1. The van der Waals surface area contributed by atoms with Crippen LogP contribution in [0.1, 0.15) is 21.1 Å². The number of aromatic amines is 1. The minimum Gasteiger partial charge on any atom is -0.462 e. The van der Waals surface area contributed by atoms with E-state index >= 15 is 0 Å². The van der Waals surface area contributed by atoms with Gasteiger partial charge in [-0.1, -0.05) is 12.1 Å². The van der Waals surface area contributed by atoms with E-state index in [1.807, 2.05) is 19.1 Å². The molecule has 0 radical (unpaired) electrons. The van der Waals surface area contributed by atoms with Gasteiger partial charge in [-0.2, -0.15) is 0 Å². The molecular weight excluding hydrogens is 365 g/mol. The second kappa shape index (κ2) is 7.20. The molecule has 0 spiro atoms. The predicted molar refractivity (Wildman–Crippen MR) is 102 cm³/mol. The molecule has 0 saturated carbocycles. The minimum absolute atomic E-state index is 0.212. The van der Waals surface area contributed by atoms with Crippen molar-refractivity contribution in [3.63, 3.8) is 0 Å². The standard InChI is InChI=1S/C20H16FN3O2S/c1-12-18(27-20(24-12)17-3-2-8-26-17)11-23-19(25)16-9-14(10-22-16)13-4-6-15(21)7-5-13/h2-10,22H,11H2,1H3,(H,23,25). The summed E-state index contributed by atoms with van der Waals surface area (Å²) in [5, 5.41) is 3.69. The van der Waals surface area contributed by atoms with E-state index in [0.29, 0.717) is 18.0 Å². The molecule has 7 heteroatoms. The molecule has 0 aliphatic carbocycles. The number of rotatable bonds is 5. The highest BCUT2D eigenvalue weighted by atomic mass is 32.1. The Balaban J connectivity index is 1.44. The highest BCUT2D eigenvalue weighted by molar-refractivity contribution is 7.15. The van der Waals surface area contributed by atoms with Crippen molar-refractivity contribution in [2.24, 2.45) is 0 Å². The van der Waals surface area contributed by atoms with Crippen molar-refractivity contribution < 1.29 is 13.6 Å². The SMILES string of the molecule is Cc1nc(-c2ccco2)sc1CNC(=O)c1cc(-c2ccc(F)cc2)c[nH]1. The number of furan rings is 1. The Hall–Kier alpha value is -3.19. The maximum absolute atomic E-state index is 13.0. The molecule has 0 bridgehead atoms. The highest BCUT2D eigenvalue weighted by Crippen LogP contribution is 2.28. The van der Waals surface area contributed by atoms with Gasteiger partial charge in [0.15, 0.2) is 10.8 Å². The average molecular weight is 381 g/mol. The van der Waals surface area contributed by atoms with Crippen LogP contribution in [0.15, 0.2) is 59.3 Å². The number of thiazole rings is 1. The number of halogens is 1. The monoisotopic (exact) mass is 381 g/mol. The fourth-order valence-corrected chi connectivity index (χ4v) is 3.66. The molecule has 3 aromatic heterocycles. The molecular formula is C20H16FN3O2S. The first-order valence-corrected chi connectivity index (χ1v) is 9.14. The van der Waals surface area contributed by atoms with E-state index in [2.05, 4.69) is 15.3 Å². The van der Waals surface area contributed by atoms with Gasteiger partial charge >= 0.3 is 0 Å². The van der Waals surface area contributed by atoms with Gasteiger partial charge in [-0.15, -0.1) is 11.3 Å². The molecule has 0 atom stereocenters. The van der Waals surface area contributed by atoms with E-state index in [0.717, 1.165) is 26.7 Å². The van der Waals surface area contributed by atoms with Gasteiger partial charge in [0, 0.05) is 11.1 Å². The summed E-state index contributed by atoms with van der Waals surface area (Å²) in [4.78, 5) is 20.9. The number of aryl methyl sites for hydroxylation is 1. The summed E-state index contributed by atoms with van der Waals surface area (Å²) < 4.78 is 18.4. The van der Waals surface area contributed by atoms with E-state index < -0.39 is 0 Å². The van der Waals surface area contributed by atoms with Crippen LogP contribution in [0, 0.1) is 12.7 Å². The maximum Gasteiger partial charge on any atom is 0.268 e. The van der Waals surface area contributed by atoms with Crippen LogP contribution in [-0.2, 0) is 6.54 Å². The second-order valence-electron chi connectivity index (χ2n) is 6.00. The molecule has 4 aromatic rings. The number of aromatic nitrogens is 2.